The molecule has 0 N–H and O–H groups in total. The van der Waals surface area contributed by atoms with E-state index < -0.39 is 0 Å². The van der Waals surface area contributed by atoms with Crippen LogP contribution in [-0.4, -0.2) is 35.2 Å². The monoisotopic (exact) mass is 342 g/mol. The van der Waals surface area contributed by atoms with E-state index in [1.807, 2.05) is 35.4 Å². The van der Waals surface area contributed by atoms with Crippen LogP contribution in [0.3, 0.4) is 0 Å². The molecule has 2 aromatic rings. The van der Waals surface area contributed by atoms with E-state index in [1.165, 1.54) is 5.56 Å². The third-order valence-electron chi connectivity index (χ3n) is 4.62. The molecular formula is C19H22N2O2S. The largest absolute Gasteiger partial charge is 0.342 e. The zero-order valence-corrected chi connectivity index (χ0v) is 14.7. The molecule has 24 heavy (non-hydrogen) atoms. The van der Waals surface area contributed by atoms with Crippen LogP contribution in [0.2, 0.25) is 0 Å². The second kappa shape index (κ2) is 7.71. The molecule has 4 nitrogen and oxygen atoms in total. The van der Waals surface area contributed by atoms with E-state index in [9.17, 15) is 9.59 Å². The quantitative estimate of drug-likeness (QED) is 0.781. The maximum Gasteiger partial charge on any atom is 0.225 e. The lowest BCUT2D eigenvalue weighted by Crippen LogP contribution is -2.41. The molecule has 1 unspecified atom stereocenters. The number of hydrogen-bond donors (Lipinski definition) is 0. The molecule has 1 aromatic carbocycles. The van der Waals surface area contributed by atoms with Gasteiger partial charge in [-0.3, -0.25) is 9.59 Å². The third kappa shape index (κ3) is 3.90. The summed E-state index contributed by atoms with van der Waals surface area (Å²) in [6.07, 6.45) is 3.43. The first kappa shape index (κ1) is 16.8. The summed E-state index contributed by atoms with van der Waals surface area (Å²) in [5.74, 6) is 0.618. The average Bonchev–Trinajstić information content (AvgIpc) is 3.11. The van der Waals surface area contributed by atoms with Crippen molar-refractivity contribution >= 4 is 23.5 Å². The van der Waals surface area contributed by atoms with Gasteiger partial charge in [0.1, 0.15) is 5.69 Å². The van der Waals surface area contributed by atoms with Crippen LogP contribution in [0, 0.1) is 5.92 Å². The Balaban J connectivity index is 1.53. The zero-order valence-electron chi connectivity index (χ0n) is 13.9. The first-order valence-electron chi connectivity index (χ1n) is 8.40. The molecule has 2 heterocycles. The van der Waals surface area contributed by atoms with E-state index in [1.54, 1.807) is 11.3 Å². The van der Waals surface area contributed by atoms with Gasteiger partial charge >= 0.3 is 0 Å². The molecular weight excluding hydrogens is 320 g/mol. The highest BCUT2D eigenvalue weighted by atomic mass is 32.1. The predicted molar refractivity (Wildman–Crippen MR) is 95.4 cm³/mol. The van der Waals surface area contributed by atoms with Crippen molar-refractivity contribution < 1.29 is 9.59 Å². The summed E-state index contributed by atoms with van der Waals surface area (Å²) in [6, 6.07) is 10.2. The number of likely N-dealkylation sites (tertiary alicyclic amines) is 1. The molecule has 0 saturated carbocycles. The van der Waals surface area contributed by atoms with Crippen LogP contribution >= 0.6 is 11.3 Å². The van der Waals surface area contributed by atoms with Crippen molar-refractivity contribution in [3.63, 3.8) is 0 Å². The minimum absolute atomic E-state index is 0.00507. The van der Waals surface area contributed by atoms with E-state index in [4.69, 9.17) is 0 Å². The summed E-state index contributed by atoms with van der Waals surface area (Å²) < 4.78 is 0. The number of carbonyl (C=O) groups excluding carboxylic acids is 2. The fraction of sp³-hybridized carbons (Fsp3) is 0.421. The van der Waals surface area contributed by atoms with Crippen molar-refractivity contribution in [3.8, 4) is 0 Å². The Labute approximate surface area is 146 Å². The van der Waals surface area contributed by atoms with Gasteiger partial charge in [-0.15, -0.1) is 11.3 Å². The highest BCUT2D eigenvalue weighted by molar-refractivity contribution is 7.09. The van der Waals surface area contributed by atoms with E-state index >= 15 is 0 Å². The van der Waals surface area contributed by atoms with Crippen LogP contribution in [0.15, 0.2) is 35.7 Å². The second-order valence-corrected chi connectivity index (χ2v) is 7.31. The number of aldehydes is 1. The fourth-order valence-electron chi connectivity index (χ4n) is 3.26. The SMILES string of the molecule is CC(Cc1ccccc1)C(=O)N1CCC(c2nc(C=O)cs2)CC1. The molecule has 1 atom stereocenters. The van der Waals surface area contributed by atoms with E-state index in [0.717, 1.165) is 43.6 Å². The lowest BCUT2D eigenvalue weighted by atomic mass is 9.94. The molecule has 1 amide bonds. The Morgan fingerprint density at radius 2 is 2.04 bits per heavy atom. The van der Waals surface area contributed by atoms with Crippen molar-refractivity contribution in [2.75, 3.05) is 13.1 Å². The Hall–Kier alpha value is -2.01. The standard InChI is InChI=1S/C19H22N2O2S/c1-14(11-15-5-3-2-4-6-15)19(23)21-9-7-16(8-10-21)18-20-17(12-22)13-24-18/h2-6,12-14,16H,7-11H2,1H3. The van der Waals surface area contributed by atoms with Gasteiger partial charge in [0.2, 0.25) is 5.91 Å². The first-order chi connectivity index (χ1) is 11.7. The number of amides is 1. The van der Waals surface area contributed by atoms with Gasteiger partial charge < -0.3 is 4.90 Å². The van der Waals surface area contributed by atoms with Crippen LogP contribution in [-0.2, 0) is 11.2 Å². The summed E-state index contributed by atoms with van der Waals surface area (Å²) in [5, 5.41) is 2.84. The number of benzene rings is 1. The van der Waals surface area contributed by atoms with Crippen LogP contribution in [0.1, 0.15) is 46.7 Å². The minimum Gasteiger partial charge on any atom is -0.342 e. The number of aromatic nitrogens is 1. The smallest absolute Gasteiger partial charge is 0.225 e. The van der Waals surface area contributed by atoms with Gasteiger partial charge in [0, 0.05) is 30.3 Å². The van der Waals surface area contributed by atoms with Crippen molar-refractivity contribution in [1.82, 2.24) is 9.88 Å². The van der Waals surface area contributed by atoms with Crippen LogP contribution < -0.4 is 0 Å². The number of nitrogens with zero attached hydrogens (tertiary/aromatic N) is 2. The zero-order chi connectivity index (χ0) is 16.9. The Morgan fingerprint density at radius 1 is 1.33 bits per heavy atom. The highest BCUT2D eigenvalue weighted by Gasteiger charge is 2.28. The minimum atomic E-state index is 0.00507. The van der Waals surface area contributed by atoms with Gasteiger partial charge in [-0.1, -0.05) is 37.3 Å². The van der Waals surface area contributed by atoms with Gasteiger partial charge in [-0.2, -0.15) is 0 Å². The number of hydrogen-bond acceptors (Lipinski definition) is 4. The van der Waals surface area contributed by atoms with Crippen LogP contribution in [0.5, 0.6) is 0 Å². The topological polar surface area (TPSA) is 50.3 Å². The average molecular weight is 342 g/mol. The number of thiazole rings is 1. The molecule has 3 rings (SSSR count). The van der Waals surface area contributed by atoms with E-state index in [2.05, 4.69) is 17.1 Å². The predicted octanol–water partition coefficient (Wildman–Crippen LogP) is 3.54. The molecule has 1 aliphatic heterocycles. The Morgan fingerprint density at radius 3 is 2.67 bits per heavy atom. The van der Waals surface area contributed by atoms with Gasteiger partial charge in [-0.25, -0.2) is 4.98 Å². The first-order valence-corrected chi connectivity index (χ1v) is 9.28. The highest BCUT2D eigenvalue weighted by Crippen LogP contribution is 2.30. The van der Waals surface area contributed by atoms with Crippen molar-refractivity contribution in [1.29, 1.82) is 0 Å². The fourth-order valence-corrected chi connectivity index (χ4v) is 4.19. The Kier molecular flexibility index (Phi) is 5.41. The lowest BCUT2D eigenvalue weighted by molar-refractivity contribution is -0.136. The number of rotatable bonds is 5. The van der Waals surface area contributed by atoms with Gasteiger partial charge in [-0.05, 0) is 24.8 Å². The molecule has 1 aliphatic rings. The second-order valence-electron chi connectivity index (χ2n) is 6.42. The van der Waals surface area contributed by atoms with Crippen LogP contribution in [0.4, 0.5) is 0 Å². The molecule has 126 valence electrons. The summed E-state index contributed by atoms with van der Waals surface area (Å²) in [4.78, 5) is 29.8. The van der Waals surface area contributed by atoms with Crippen molar-refractivity contribution in [2.45, 2.75) is 32.1 Å². The van der Waals surface area contributed by atoms with Gasteiger partial charge in [0.05, 0.1) is 5.01 Å². The molecule has 5 heteroatoms. The normalized spacial score (nSPS) is 16.8. The molecule has 0 bridgehead atoms. The summed E-state index contributed by atoms with van der Waals surface area (Å²) in [5.41, 5.74) is 1.72. The maximum atomic E-state index is 12.7. The molecule has 1 fully saturated rings. The Bertz CT molecular complexity index is 690. The molecule has 1 aromatic heterocycles. The van der Waals surface area contributed by atoms with Gasteiger partial charge in [0.15, 0.2) is 6.29 Å². The molecule has 0 aliphatic carbocycles. The summed E-state index contributed by atoms with van der Waals surface area (Å²) >= 11 is 1.55. The molecule has 0 spiro atoms. The number of piperidine rings is 1. The summed E-state index contributed by atoms with van der Waals surface area (Å²) in [6.45, 7) is 3.57. The lowest BCUT2D eigenvalue weighted by Gasteiger charge is -2.33. The van der Waals surface area contributed by atoms with E-state index in [0.29, 0.717) is 11.6 Å². The third-order valence-corrected chi connectivity index (χ3v) is 5.65. The van der Waals surface area contributed by atoms with Crippen molar-refractivity contribution in [2.24, 2.45) is 5.92 Å². The maximum absolute atomic E-state index is 12.7. The number of carbonyl (C=O) groups is 2. The van der Waals surface area contributed by atoms with E-state index in [-0.39, 0.29) is 11.8 Å². The molecule has 1 saturated heterocycles. The van der Waals surface area contributed by atoms with Crippen LogP contribution in [0.25, 0.3) is 0 Å². The molecule has 0 radical (unpaired) electrons. The van der Waals surface area contributed by atoms with Gasteiger partial charge in [0.25, 0.3) is 0 Å². The summed E-state index contributed by atoms with van der Waals surface area (Å²) in [7, 11) is 0. The van der Waals surface area contributed by atoms with Crippen molar-refractivity contribution in [3.05, 3.63) is 52.0 Å².